The molecule has 142 valence electrons. The summed E-state index contributed by atoms with van der Waals surface area (Å²) in [5.41, 5.74) is 1.97. The fourth-order valence-corrected chi connectivity index (χ4v) is 4.08. The van der Waals surface area contributed by atoms with E-state index in [0.29, 0.717) is 12.5 Å². The molecule has 0 spiro atoms. The highest BCUT2D eigenvalue weighted by atomic mass is 16.2. The Morgan fingerprint density at radius 3 is 2.50 bits per heavy atom. The van der Waals surface area contributed by atoms with E-state index in [1.54, 1.807) is 0 Å². The molecule has 1 atom stereocenters. The standard InChI is InChI=1S/C21H31N3O2/c1-2-22-21(26)24-14-8-11-19(16-24)17-9-7-10-18(15-17)20(25)23-12-5-3-4-6-13-23/h7,9-10,15,19H,2-6,8,11-14,16H2,1H3,(H,22,26). The average molecular weight is 357 g/mol. The summed E-state index contributed by atoms with van der Waals surface area (Å²) in [4.78, 5) is 29.0. The number of urea groups is 1. The zero-order chi connectivity index (χ0) is 18.4. The van der Waals surface area contributed by atoms with Crippen LogP contribution < -0.4 is 5.32 Å². The van der Waals surface area contributed by atoms with Crippen molar-refractivity contribution in [2.75, 3.05) is 32.7 Å². The van der Waals surface area contributed by atoms with Crippen molar-refractivity contribution in [1.29, 1.82) is 0 Å². The first-order valence-electron chi connectivity index (χ1n) is 10.1. The van der Waals surface area contributed by atoms with Gasteiger partial charge in [0.1, 0.15) is 0 Å². The number of likely N-dealkylation sites (tertiary alicyclic amines) is 2. The number of rotatable bonds is 3. The van der Waals surface area contributed by atoms with Crippen LogP contribution in [-0.2, 0) is 0 Å². The third kappa shape index (κ3) is 4.57. The minimum atomic E-state index is 0.0222. The number of hydrogen-bond acceptors (Lipinski definition) is 2. The van der Waals surface area contributed by atoms with Crippen LogP contribution in [-0.4, -0.2) is 54.5 Å². The van der Waals surface area contributed by atoms with Crippen LogP contribution in [0.3, 0.4) is 0 Å². The second-order valence-corrected chi connectivity index (χ2v) is 7.45. The quantitative estimate of drug-likeness (QED) is 0.898. The van der Waals surface area contributed by atoms with Gasteiger partial charge in [0.2, 0.25) is 0 Å². The van der Waals surface area contributed by atoms with E-state index in [1.165, 1.54) is 18.4 Å². The first-order valence-corrected chi connectivity index (χ1v) is 10.1. The number of carbonyl (C=O) groups is 2. The van der Waals surface area contributed by atoms with E-state index < -0.39 is 0 Å². The smallest absolute Gasteiger partial charge is 0.317 e. The summed E-state index contributed by atoms with van der Waals surface area (Å²) in [6, 6.07) is 8.10. The lowest BCUT2D eigenvalue weighted by Gasteiger charge is -2.33. The number of amides is 3. The van der Waals surface area contributed by atoms with Gasteiger partial charge in [-0.3, -0.25) is 4.79 Å². The minimum Gasteiger partial charge on any atom is -0.339 e. The van der Waals surface area contributed by atoms with Crippen molar-refractivity contribution < 1.29 is 9.59 Å². The molecule has 1 unspecified atom stereocenters. The largest absolute Gasteiger partial charge is 0.339 e. The molecule has 26 heavy (non-hydrogen) atoms. The molecule has 0 aliphatic carbocycles. The Bertz CT molecular complexity index is 623. The molecule has 0 radical (unpaired) electrons. The van der Waals surface area contributed by atoms with Gasteiger partial charge in [0.05, 0.1) is 0 Å². The second kappa shape index (κ2) is 9.06. The van der Waals surface area contributed by atoms with Gasteiger partial charge in [-0.2, -0.15) is 0 Å². The van der Waals surface area contributed by atoms with Gasteiger partial charge in [-0.15, -0.1) is 0 Å². The topological polar surface area (TPSA) is 52.7 Å². The van der Waals surface area contributed by atoms with E-state index in [9.17, 15) is 9.59 Å². The van der Waals surface area contributed by atoms with Crippen molar-refractivity contribution in [3.63, 3.8) is 0 Å². The molecule has 5 nitrogen and oxygen atoms in total. The van der Waals surface area contributed by atoms with Gasteiger partial charge in [0.15, 0.2) is 0 Å². The van der Waals surface area contributed by atoms with Crippen LogP contribution >= 0.6 is 0 Å². The first-order chi connectivity index (χ1) is 12.7. The maximum absolute atomic E-state index is 12.9. The van der Waals surface area contributed by atoms with Crippen molar-refractivity contribution in [3.05, 3.63) is 35.4 Å². The molecule has 2 aliphatic heterocycles. The Morgan fingerprint density at radius 1 is 1.04 bits per heavy atom. The summed E-state index contributed by atoms with van der Waals surface area (Å²) in [7, 11) is 0. The molecular formula is C21H31N3O2. The summed E-state index contributed by atoms with van der Waals surface area (Å²) in [5.74, 6) is 0.466. The van der Waals surface area contributed by atoms with Gasteiger partial charge in [-0.1, -0.05) is 25.0 Å². The van der Waals surface area contributed by atoms with Crippen molar-refractivity contribution in [3.8, 4) is 0 Å². The van der Waals surface area contributed by atoms with Gasteiger partial charge >= 0.3 is 6.03 Å². The first kappa shape index (κ1) is 18.7. The highest BCUT2D eigenvalue weighted by Crippen LogP contribution is 2.28. The van der Waals surface area contributed by atoms with E-state index in [2.05, 4.69) is 17.4 Å². The fourth-order valence-electron chi connectivity index (χ4n) is 4.08. The number of nitrogens with one attached hydrogen (secondary N) is 1. The lowest BCUT2D eigenvalue weighted by Crippen LogP contribution is -2.44. The molecule has 0 bridgehead atoms. The van der Waals surface area contributed by atoms with Crippen LogP contribution in [0.15, 0.2) is 24.3 Å². The molecule has 1 aromatic carbocycles. The second-order valence-electron chi connectivity index (χ2n) is 7.45. The number of piperidine rings is 1. The molecule has 1 N–H and O–H groups in total. The normalized spacial score (nSPS) is 21.2. The van der Waals surface area contributed by atoms with Crippen molar-refractivity contribution >= 4 is 11.9 Å². The Balaban J connectivity index is 1.70. The van der Waals surface area contributed by atoms with Crippen LogP contribution in [0, 0.1) is 0 Å². The summed E-state index contributed by atoms with van der Waals surface area (Å²) < 4.78 is 0. The molecule has 0 saturated carbocycles. The summed E-state index contributed by atoms with van der Waals surface area (Å²) in [5, 5.41) is 2.89. The maximum atomic E-state index is 12.9. The minimum absolute atomic E-state index is 0.0222. The predicted molar refractivity (Wildman–Crippen MR) is 103 cm³/mol. The summed E-state index contributed by atoms with van der Waals surface area (Å²) in [6.45, 7) is 5.88. The van der Waals surface area contributed by atoms with E-state index in [1.807, 2.05) is 28.9 Å². The van der Waals surface area contributed by atoms with Crippen LogP contribution in [0.4, 0.5) is 4.79 Å². The molecular weight excluding hydrogens is 326 g/mol. The summed E-state index contributed by atoms with van der Waals surface area (Å²) in [6.07, 6.45) is 6.73. The molecule has 3 amide bonds. The van der Waals surface area contributed by atoms with Crippen LogP contribution in [0.25, 0.3) is 0 Å². The highest BCUT2D eigenvalue weighted by Gasteiger charge is 2.25. The molecule has 2 fully saturated rings. The maximum Gasteiger partial charge on any atom is 0.317 e. The van der Waals surface area contributed by atoms with Gasteiger partial charge < -0.3 is 15.1 Å². The Kier molecular flexibility index (Phi) is 6.53. The van der Waals surface area contributed by atoms with E-state index in [4.69, 9.17) is 0 Å². The van der Waals surface area contributed by atoms with Gasteiger partial charge in [-0.25, -0.2) is 4.79 Å². The van der Waals surface area contributed by atoms with E-state index >= 15 is 0 Å². The van der Waals surface area contributed by atoms with Crippen LogP contribution in [0.5, 0.6) is 0 Å². The van der Waals surface area contributed by atoms with Crippen molar-refractivity contribution in [2.45, 2.75) is 51.4 Å². The Morgan fingerprint density at radius 2 is 1.77 bits per heavy atom. The highest BCUT2D eigenvalue weighted by molar-refractivity contribution is 5.94. The molecule has 2 aliphatic rings. The Labute approximate surface area is 156 Å². The van der Waals surface area contributed by atoms with Gasteiger partial charge in [0.25, 0.3) is 5.91 Å². The lowest BCUT2D eigenvalue weighted by atomic mass is 9.89. The van der Waals surface area contributed by atoms with Crippen molar-refractivity contribution in [1.82, 2.24) is 15.1 Å². The zero-order valence-electron chi connectivity index (χ0n) is 15.9. The molecule has 2 heterocycles. The molecule has 1 aromatic rings. The summed E-state index contributed by atoms with van der Waals surface area (Å²) >= 11 is 0. The van der Waals surface area contributed by atoms with E-state index in [0.717, 1.165) is 57.4 Å². The van der Waals surface area contributed by atoms with Crippen LogP contribution in [0.1, 0.15) is 67.3 Å². The average Bonchev–Trinajstić information content (AvgIpc) is 2.97. The fraction of sp³-hybridized carbons (Fsp3) is 0.619. The molecule has 0 aromatic heterocycles. The number of benzene rings is 1. The molecule has 2 saturated heterocycles. The number of carbonyl (C=O) groups excluding carboxylic acids is 2. The zero-order valence-corrected chi connectivity index (χ0v) is 15.9. The third-order valence-electron chi connectivity index (χ3n) is 5.53. The van der Waals surface area contributed by atoms with Crippen LogP contribution in [0.2, 0.25) is 0 Å². The SMILES string of the molecule is CCNC(=O)N1CCCC(c2cccc(C(=O)N3CCCCCC3)c2)C1. The Hall–Kier alpha value is -2.04. The van der Waals surface area contributed by atoms with Crippen molar-refractivity contribution in [2.24, 2.45) is 0 Å². The molecule has 5 heteroatoms. The predicted octanol–water partition coefficient (Wildman–Crippen LogP) is 3.61. The lowest BCUT2D eigenvalue weighted by molar-refractivity contribution is 0.0761. The third-order valence-corrected chi connectivity index (χ3v) is 5.53. The number of nitrogens with zero attached hydrogens (tertiary/aromatic N) is 2. The van der Waals surface area contributed by atoms with Gasteiger partial charge in [0, 0.05) is 44.2 Å². The molecule has 3 rings (SSSR count). The van der Waals surface area contributed by atoms with E-state index in [-0.39, 0.29) is 11.9 Å². The van der Waals surface area contributed by atoms with Gasteiger partial charge in [-0.05, 0) is 50.3 Å². The monoisotopic (exact) mass is 357 g/mol. The number of hydrogen-bond donors (Lipinski definition) is 1.